The van der Waals surface area contributed by atoms with Gasteiger partial charge in [-0.3, -0.25) is 19.3 Å². The molecule has 70 heavy (non-hydrogen) atoms. The molecule has 0 saturated heterocycles. The van der Waals surface area contributed by atoms with Gasteiger partial charge >= 0.3 is 5.97 Å². The summed E-state index contributed by atoms with van der Waals surface area (Å²) in [7, 11) is -4.02. The van der Waals surface area contributed by atoms with E-state index in [-0.39, 0.29) is 72.8 Å². The Bertz CT molecular complexity index is 2820. The van der Waals surface area contributed by atoms with Gasteiger partial charge in [-0.2, -0.15) is 18.9 Å². The third-order valence-corrected chi connectivity index (χ3v) is 9.82. The second kappa shape index (κ2) is 30.7. The van der Waals surface area contributed by atoms with Gasteiger partial charge in [-0.15, -0.1) is 0 Å². The number of Topliss-reactive ketones (excluding diaryl/α,β-unsaturated/α-hetero) is 1. The second-order valence-corrected chi connectivity index (χ2v) is 16.4. The number of carbonyl (C=O) groups is 2. The Hall–Kier alpha value is -7.67. The van der Waals surface area contributed by atoms with Crippen molar-refractivity contribution in [3.63, 3.8) is 0 Å². The minimum atomic E-state index is -4.02. The normalized spacial score (nSPS) is 12.1. The lowest BCUT2D eigenvalue weighted by Crippen LogP contribution is -2.09. The van der Waals surface area contributed by atoms with Gasteiger partial charge in [0.15, 0.2) is 5.78 Å². The number of nitrogens with one attached hydrogen (secondary N) is 2. The van der Waals surface area contributed by atoms with Gasteiger partial charge in [0.05, 0.1) is 106 Å². The average molecular weight is 1020 g/mol. The molecule has 0 aliphatic heterocycles. The number of aryl methyl sites for hydroxylation is 1. The maximum atomic E-state index is 12.2. The summed E-state index contributed by atoms with van der Waals surface area (Å²) in [6, 6.07) is 22.5. The summed E-state index contributed by atoms with van der Waals surface area (Å²) in [5, 5.41) is 49.6. The van der Waals surface area contributed by atoms with E-state index in [1.807, 2.05) is 6.92 Å². The Morgan fingerprint density at radius 1 is 0.757 bits per heavy atom. The molecule has 0 bridgehead atoms. The molecule has 2 atom stereocenters. The van der Waals surface area contributed by atoms with Crippen molar-refractivity contribution in [1.82, 2.24) is 19.9 Å². The Morgan fingerprint density at radius 3 is 1.51 bits per heavy atom. The number of aliphatic hydroxyl groups excluding tert-OH is 2. The van der Waals surface area contributed by atoms with E-state index in [4.69, 9.17) is 70.8 Å². The number of aliphatic hydroxyl groups is 2. The number of nitriles is 2. The zero-order valence-corrected chi connectivity index (χ0v) is 40.3. The van der Waals surface area contributed by atoms with Crippen LogP contribution < -0.4 is 27.8 Å². The van der Waals surface area contributed by atoms with Crippen LogP contribution in [0.3, 0.4) is 0 Å². The lowest BCUT2D eigenvalue weighted by atomic mass is 9.99. The molecule has 24 heteroatoms. The van der Waals surface area contributed by atoms with Crippen molar-refractivity contribution in [2.24, 2.45) is 33.1 Å². The quantitative estimate of drug-likeness (QED) is 0.0307. The first-order valence-electron chi connectivity index (χ1n) is 20.5. The van der Waals surface area contributed by atoms with Crippen LogP contribution in [-0.4, -0.2) is 105 Å². The number of aromatic nitrogens is 4. The number of nitrogens with zero attached hydrogens (tertiary/aromatic N) is 8. The number of carboxylic acid groups (broad SMARTS) is 1. The van der Waals surface area contributed by atoms with Crippen LogP contribution in [0.5, 0.6) is 0 Å². The Labute approximate surface area is 414 Å². The van der Waals surface area contributed by atoms with Gasteiger partial charge in [-0.1, -0.05) is 77.3 Å². The molecule has 0 spiro atoms. The highest BCUT2D eigenvalue weighted by atomic mass is 35.5. The topological polar surface area (TPSA) is 375 Å². The van der Waals surface area contributed by atoms with Crippen LogP contribution in [0.25, 0.3) is 22.5 Å². The van der Waals surface area contributed by atoms with Crippen LogP contribution >= 0.6 is 23.2 Å². The zero-order chi connectivity index (χ0) is 52.2. The zero-order valence-electron chi connectivity index (χ0n) is 38.0. The van der Waals surface area contributed by atoms with Gasteiger partial charge in [0.1, 0.15) is 0 Å². The van der Waals surface area contributed by atoms with Crippen molar-refractivity contribution in [1.29, 1.82) is 10.5 Å². The highest BCUT2D eigenvalue weighted by Crippen LogP contribution is 2.28. The van der Waals surface area contributed by atoms with E-state index in [1.165, 1.54) is 61.5 Å². The van der Waals surface area contributed by atoms with Crippen LogP contribution in [0.1, 0.15) is 46.5 Å². The van der Waals surface area contributed by atoms with Crippen LogP contribution in [0.4, 0.5) is 11.9 Å². The summed E-state index contributed by atoms with van der Waals surface area (Å²) in [5.41, 5.74) is 20.8. The van der Waals surface area contributed by atoms with E-state index in [1.54, 1.807) is 68.4 Å². The molecule has 0 aliphatic rings. The summed E-state index contributed by atoms with van der Waals surface area (Å²) in [6.07, 6.45) is 8.58. The molecule has 368 valence electrons. The van der Waals surface area contributed by atoms with Crippen molar-refractivity contribution in [2.45, 2.75) is 38.1 Å². The maximum Gasteiger partial charge on any atom is 0.335 e. The van der Waals surface area contributed by atoms with Crippen LogP contribution in [0.2, 0.25) is 10.0 Å². The van der Waals surface area contributed by atoms with E-state index in [0.29, 0.717) is 49.5 Å². The monoisotopic (exact) mass is 1020 g/mol. The first kappa shape index (κ1) is 58.5. The number of ketones is 1. The first-order chi connectivity index (χ1) is 33.3. The fraction of sp³-hybridized carbons (Fsp3) is 0.217. The minimum Gasteiger partial charge on any atom is -0.478 e. The number of aromatic carboxylic acids is 1. The third kappa shape index (κ3) is 21.1. The van der Waals surface area contributed by atoms with E-state index >= 15 is 0 Å². The molecule has 5 aromatic rings. The SMILES string of the molecule is C[C@@H](C#N)CC(=O)c1ccc(-c2nc(NC(C=NCCO)=CN)ncc2Cl)cc1.C[C@H](N)C#N.Cc1ccc(S(=O)(=O)O)cc1.NC=C(C=NCCO)Nc1ncc(Cl)c(-c2ccc(C(=O)O)cc2)n1. The van der Waals surface area contributed by atoms with Crippen LogP contribution in [0.15, 0.2) is 124 Å². The minimum absolute atomic E-state index is 0.0656. The van der Waals surface area contributed by atoms with Gasteiger partial charge in [-0.25, -0.2) is 24.7 Å². The lowest BCUT2D eigenvalue weighted by Gasteiger charge is -2.09. The molecule has 12 N–H and O–H groups in total. The van der Waals surface area contributed by atoms with Crippen molar-refractivity contribution in [3.8, 4) is 34.7 Å². The molecule has 3 aromatic carbocycles. The van der Waals surface area contributed by atoms with E-state index < -0.39 is 16.1 Å². The predicted octanol–water partition coefficient (Wildman–Crippen LogP) is 5.67. The Balaban J connectivity index is 0.000000369. The van der Waals surface area contributed by atoms with Crippen LogP contribution in [0, 0.1) is 35.5 Å². The predicted molar refractivity (Wildman–Crippen MR) is 269 cm³/mol. The molecule has 0 aliphatic carbocycles. The largest absolute Gasteiger partial charge is 0.478 e. The molecule has 0 amide bonds. The summed E-state index contributed by atoms with van der Waals surface area (Å²) in [4.78, 5) is 47.9. The Morgan fingerprint density at radius 2 is 1.17 bits per heavy atom. The van der Waals surface area contributed by atoms with Gasteiger partial charge in [0.25, 0.3) is 10.1 Å². The average Bonchev–Trinajstić information content (AvgIpc) is 3.35. The standard InChI is InChI=1S/C20H21ClN6O2.C16H16ClN5O3.C7H8O3S.C3H6N2/c1-13(9-22)8-18(29)14-2-4-15(5-3-14)19-17(21)12-25-20(27-19)26-16(10-23)11-24-6-7-28;17-13-9-20-16(21-12(7-18)8-19-5-6-23)22-14(13)10-1-3-11(4-2-10)15(24)25;1-6-2-4-7(5-3-6)11(8,9)10;1-3(5)2-4/h2-5,10-13,28H,6-8,23H2,1H3,(H,25,26,27);1-4,7-9,23H,5-6,18H2,(H,24,25)(H,20,21,22);2-5H,1H3,(H,8,9,10);3H,5H2,1H3/t13-;;;3-/m1..0/s1. The number of hydrogen-bond donors (Lipinski definition) is 9. The number of halogens is 2. The third-order valence-electron chi connectivity index (χ3n) is 8.40. The molecule has 0 radical (unpaired) electrons. The number of nitrogens with two attached hydrogens (primary N) is 3. The number of carboxylic acids is 1. The van der Waals surface area contributed by atoms with E-state index in [2.05, 4.69) is 46.6 Å². The molecule has 5 rings (SSSR count). The van der Waals surface area contributed by atoms with Crippen molar-refractivity contribution in [3.05, 3.63) is 136 Å². The number of allylic oxidation sites excluding steroid dienone is 2. The van der Waals surface area contributed by atoms with E-state index in [0.717, 1.165) is 5.56 Å². The summed E-state index contributed by atoms with van der Waals surface area (Å²) in [5.74, 6) is -0.935. The molecule has 0 fully saturated rings. The Kier molecular flexibility index (Phi) is 25.6. The molecular weight excluding hydrogens is 966 g/mol. The molecule has 2 heterocycles. The van der Waals surface area contributed by atoms with Gasteiger partial charge < -0.3 is 43.2 Å². The van der Waals surface area contributed by atoms with E-state index in [9.17, 15) is 18.0 Å². The first-order valence-corrected chi connectivity index (χ1v) is 22.7. The van der Waals surface area contributed by atoms with Crippen LogP contribution in [-0.2, 0) is 10.1 Å². The smallest absolute Gasteiger partial charge is 0.335 e. The molecular formula is C46H51Cl2N13O8S. The number of rotatable bonds is 17. The number of benzene rings is 3. The number of aliphatic imine (C=N–C) groups is 2. The molecule has 2 aromatic heterocycles. The number of carbonyl (C=O) groups excluding carboxylic acids is 1. The maximum absolute atomic E-state index is 12.2. The highest BCUT2D eigenvalue weighted by molar-refractivity contribution is 7.85. The molecule has 21 nitrogen and oxygen atoms in total. The fourth-order valence-corrected chi connectivity index (χ4v) is 5.81. The summed E-state index contributed by atoms with van der Waals surface area (Å²) < 4.78 is 29.6. The fourth-order valence-electron chi connectivity index (χ4n) is 4.93. The summed E-state index contributed by atoms with van der Waals surface area (Å²) in [6.45, 7) is 5.56. The second-order valence-electron chi connectivity index (χ2n) is 14.1. The highest BCUT2D eigenvalue weighted by Gasteiger charge is 2.14. The van der Waals surface area contributed by atoms with Gasteiger partial charge in [-0.05, 0) is 45.0 Å². The van der Waals surface area contributed by atoms with Crippen molar-refractivity contribution in [2.75, 3.05) is 36.9 Å². The van der Waals surface area contributed by atoms with Crippen molar-refractivity contribution < 1.29 is 37.9 Å². The number of hydrogen-bond acceptors (Lipinski definition) is 19. The number of anilines is 2. The van der Waals surface area contributed by atoms with Gasteiger partial charge in [0, 0.05) is 47.9 Å². The van der Waals surface area contributed by atoms with Gasteiger partial charge in [0.2, 0.25) is 11.9 Å². The molecule has 0 unspecified atom stereocenters. The van der Waals surface area contributed by atoms with Crippen molar-refractivity contribution >= 4 is 69.4 Å². The lowest BCUT2D eigenvalue weighted by molar-refractivity contribution is 0.0696. The summed E-state index contributed by atoms with van der Waals surface area (Å²) >= 11 is 12.4. The molecule has 0 saturated carbocycles.